The number of esters is 1. The first-order valence-corrected chi connectivity index (χ1v) is 14.0. The van der Waals surface area contributed by atoms with Crippen LogP contribution in [0.5, 0.6) is 0 Å². The quantitative estimate of drug-likeness (QED) is 0.122. The zero-order valence-corrected chi connectivity index (χ0v) is 23.7. The maximum atomic E-state index is 13.0. The van der Waals surface area contributed by atoms with Crippen LogP contribution in [0.25, 0.3) is 10.9 Å². The summed E-state index contributed by atoms with van der Waals surface area (Å²) in [7, 11) is 1.34. The molecule has 0 saturated heterocycles. The molecule has 1 heterocycles. The second-order valence-electron chi connectivity index (χ2n) is 10.4. The lowest BCUT2D eigenvalue weighted by Gasteiger charge is -2.41. The zero-order valence-electron chi connectivity index (χ0n) is 23.7. The van der Waals surface area contributed by atoms with Gasteiger partial charge in [0.1, 0.15) is 12.1 Å². The molecule has 0 unspecified atom stereocenters. The SMILES string of the molecule is COC(=O)[C@H](Cc1c[nH]c2ccccc12)N[C@H](C)[C@H](NC(c1ccccc1)(c1ccccc1)c1ccccc1)C(=O)O. The number of hydrogen-bond acceptors (Lipinski definition) is 5. The molecule has 0 radical (unpaired) electrons. The zero-order chi connectivity index (χ0) is 29.5. The average molecular weight is 562 g/mol. The number of benzene rings is 4. The summed E-state index contributed by atoms with van der Waals surface area (Å²) in [4.78, 5) is 29.2. The summed E-state index contributed by atoms with van der Waals surface area (Å²) in [6.07, 6.45) is 2.21. The molecule has 0 aliphatic rings. The van der Waals surface area contributed by atoms with Gasteiger partial charge in [0, 0.05) is 29.6 Å². The number of rotatable bonds is 12. The summed E-state index contributed by atoms with van der Waals surface area (Å²) < 4.78 is 5.14. The molecule has 0 aliphatic carbocycles. The van der Waals surface area contributed by atoms with Gasteiger partial charge in [0.05, 0.1) is 12.6 Å². The van der Waals surface area contributed by atoms with Gasteiger partial charge in [-0.15, -0.1) is 0 Å². The number of carbonyl (C=O) groups excluding carboxylic acids is 1. The maximum Gasteiger partial charge on any atom is 0.323 e. The number of carboxylic acids is 1. The Morgan fingerprint density at radius 2 is 1.31 bits per heavy atom. The van der Waals surface area contributed by atoms with Gasteiger partial charge in [-0.2, -0.15) is 0 Å². The molecule has 7 nitrogen and oxygen atoms in total. The van der Waals surface area contributed by atoms with E-state index in [2.05, 4.69) is 15.6 Å². The molecule has 0 fully saturated rings. The van der Waals surface area contributed by atoms with Crippen LogP contribution < -0.4 is 10.6 Å². The maximum absolute atomic E-state index is 13.0. The number of aliphatic carboxylic acids is 1. The number of fused-ring (bicyclic) bond motifs is 1. The fourth-order valence-corrected chi connectivity index (χ4v) is 5.73. The van der Waals surface area contributed by atoms with E-state index < -0.39 is 35.6 Å². The van der Waals surface area contributed by atoms with Crippen molar-refractivity contribution in [2.75, 3.05) is 7.11 Å². The molecule has 4 N–H and O–H groups in total. The molecule has 4 aromatic carbocycles. The van der Waals surface area contributed by atoms with Gasteiger partial charge in [-0.3, -0.25) is 20.2 Å². The van der Waals surface area contributed by atoms with E-state index >= 15 is 0 Å². The van der Waals surface area contributed by atoms with Gasteiger partial charge >= 0.3 is 11.9 Å². The summed E-state index contributed by atoms with van der Waals surface area (Å²) >= 11 is 0. The third-order valence-electron chi connectivity index (χ3n) is 7.81. The lowest BCUT2D eigenvalue weighted by atomic mass is 9.76. The average Bonchev–Trinajstić information content (AvgIpc) is 3.44. The minimum absolute atomic E-state index is 0.328. The first kappa shape index (κ1) is 28.8. The van der Waals surface area contributed by atoms with Crippen LogP contribution in [-0.4, -0.2) is 47.3 Å². The third-order valence-corrected chi connectivity index (χ3v) is 7.81. The van der Waals surface area contributed by atoms with Gasteiger partial charge in [0.2, 0.25) is 0 Å². The predicted octanol–water partition coefficient (Wildman–Crippen LogP) is 5.27. The highest BCUT2D eigenvalue weighted by molar-refractivity contribution is 5.84. The first-order chi connectivity index (χ1) is 20.4. The van der Waals surface area contributed by atoms with Gasteiger partial charge in [0.15, 0.2) is 0 Å². The van der Waals surface area contributed by atoms with E-state index in [-0.39, 0.29) is 0 Å². The van der Waals surface area contributed by atoms with Crippen molar-refractivity contribution >= 4 is 22.8 Å². The van der Waals surface area contributed by atoms with Crippen molar-refractivity contribution in [2.24, 2.45) is 0 Å². The molecule has 0 amide bonds. The molecule has 5 aromatic rings. The van der Waals surface area contributed by atoms with Crippen LogP contribution in [0.2, 0.25) is 0 Å². The largest absolute Gasteiger partial charge is 0.480 e. The van der Waals surface area contributed by atoms with E-state index in [1.807, 2.05) is 121 Å². The van der Waals surface area contributed by atoms with E-state index in [9.17, 15) is 14.7 Å². The summed E-state index contributed by atoms with van der Waals surface area (Å²) in [5.74, 6) is -1.51. The van der Waals surface area contributed by atoms with Crippen LogP contribution in [0.3, 0.4) is 0 Å². The minimum atomic E-state index is -1.10. The molecule has 0 saturated carbocycles. The van der Waals surface area contributed by atoms with Crippen molar-refractivity contribution in [3.63, 3.8) is 0 Å². The van der Waals surface area contributed by atoms with E-state index in [0.717, 1.165) is 33.2 Å². The van der Waals surface area contributed by atoms with Crippen LogP contribution in [0, 0.1) is 0 Å². The number of methoxy groups -OCH3 is 1. The Kier molecular flexibility index (Phi) is 8.81. The van der Waals surface area contributed by atoms with Crippen molar-refractivity contribution in [1.29, 1.82) is 0 Å². The van der Waals surface area contributed by atoms with Gasteiger partial charge in [-0.1, -0.05) is 109 Å². The highest BCUT2D eigenvalue weighted by atomic mass is 16.5. The van der Waals surface area contributed by atoms with Crippen molar-refractivity contribution in [2.45, 2.75) is 37.0 Å². The monoisotopic (exact) mass is 561 g/mol. The Hall–Kier alpha value is -4.72. The molecule has 0 spiro atoms. The Labute approximate surface area is 245 Å². The molecule has 0 aliphatic heterocycles. The Bertz CT molecular complexity index is 1520. The number of para-hydroxylation sites is 1. The van der Waals surface area contributed by atoms with Crippen molar-refractivity contribution in [3.05, 3.63) is 144 Å². The second-order valence-corrected chi connectivity index (χ2v) is 10.4. The minimum Gasteiger partial charge on any atom is -0.480 e. The summed E-state index contributed by atoms with van der Waals surface area (Å²) in [6, 6.07) is 34.8. The lowest BCUT2D eigenvalue weighted by Crippen LogP contribution is -2.61. The normalized spacial score (nSPS) is 13.8. The highest BCUT2D eigenvalue weighted by Crippen LogP contribution is 2.37. The molecule has 0 bridgehead atoms. The third kappa shape index (κ3) is 5.84. The number of carboxylic acid groups (broad SMARTS) is 1. The van der Waals surface area contributed by atoms with Crippen LogP contribution in [0.15, 0.2) is 121 Å². The fourth-order valence-electron chi connectivity index (χ4n) is 5.73. The molecule has 7 heteroatoms. The van der Waals surface area contributed by atoms with Gasteiger partial charge < -0.3 is 14.8 Å². The summed E-state index contributed by atoms with van der Waals surface area (Å²) in [5, 5.41) is 18.5. The molecule has 5 rings (SSSR count). The fraction of sp³-hybridized carbons (Fsp3) is 0.200. The molecular weight excluding hydrogens is 526 g/mol. The number of carbonyl (C=O) groups is 2. The van der Waals surface area contributed by atoms with Crippen molar-refractivity contribution < 1.29 is 19.4 Å². The van der Waals surface area contributed by atoms with E-state index in [0.29, 0.717) is 6.42 Å². The number of ether oxygens (including phenoxy) is 1. The van der Waals surface area contributed by atoms with E-state index in [4.69, 9.17) is 4.74 Å². The number of nitrogens with one attached hydrogen (secondary N) is 3. The van der Waals surface area contributed by atoms with Crippen molar-refractivity contribution in [3.8, 4) is 0 Å². The number of H-pyrrole nitrogens is 1. The lowest BCUT2D eigenvalue weighted by molar-refractivity contribution is -0.145. The Morgan fingerprint density at radius 3 is 1.81 bits per heavy atom. The standard InChI is InChI=1S/C35H35N3O4/c1-24(37-31(34(41)42-2)22-25-23-36-30-21-13-12-20-29(25)30)32(33(39)40)38-35(26-14-6-3-7-15-26,27-16-8-4-9-17-27)28-18-10-5-11-19-28/h3-21,23-24,31-32,36-38H,22H2,1-2H3,(H,39,40)/t24-,31+,32+/m1/s1. The van der Waals surface area contributed by atoms with Crippen LogP contribution in [0.1, 0.15) is 29.2 Å². The van der Waals surface area contributed by atoms with Crippen molar-refractivity contribution in [1.82, 2.24) is 15.6 Å². The second kappa shape index (κ2) is 12.9. The number of hydrogen-bond donors (Lipinski definition) is 4. The van der Waals surface area contributed by atoms with Crippen LogP contribution in [-0.2, 0) is 26.3 Å². The van der Waals surface area contributed by atoms with Gasteiger partial charge in [-0.05, 0) is 35.2 Å². The predicted molar refractivity (Wildman–Crippen MR) is 164 cm³/mol. The summed E-state index contributed by atoms with van der Waals surface area (Å²) in [5.41, 5.74) is 3.58. The molecule has 42 heavy (non-hydrogen) atoms. The molecular formula is C35H35N3O4. The highest BCUT2D eigenvalue weighted by Gasteiger charge is 2.42. The summed E-state index contributed by atoms with van der Waals surface area (Å²) in [6.45, 7) is 1.78. The van der Waals surface area contributed by atoms with Gasteiger partial charge in [0.25, 0.3) is 0 Å². The van der Waals surface area contributed by atoms with E-state index in [1.54, 1.807) is 6.92 Å². The smallest absolute Gasteiger partial charge is 0.323 e. The topological polar surface area (TPSA) is 103 Å². The van der Waals surface area contributed by atoms with Crippen LogP contribution in [0.4, 0.5) is 0 Å². The Morgan fingerprint density at radius 1 is 0.810 bits per heavy atom. The molecule has 214 valence electrons. The molecule has 1 aromatic heterocycles. The number of aromatic nitrogens is 1. The van der Waals surface area contributed by atoms with Gasteiger partial charge in [-0.25, -0.2) is 0 Å². The molecule has 3 atom stereocenters. The number of aromatic amines is 1. The Balaban J connectivity index is 1.54. The van der Waals surface area contributed by atoms with E-state index in [1.165, 1.54) is 7.11 Å². The first-order valence-electron chi connectivity index (χ1n) is 14.0. The van der Waals surface area contributed by atoms with Crippen LogP contribution >= 0.6 is 0 Å².